The van der Waals surface area contributed by atoms with Crippen LogP contribution in [0.1, 0.15) is 22.8 Å². The predicted octanol–water partition coefficient (Wildman–Crippen LogP) is 4.12. The smallest absolute Gasteiger partial charge is 0.325 e. The SMILES string of the molecule is CCOC(=O)Cn1cc(/C=N\NC(=O)c2ccc3ccccc3c2)c2ccccc21. The van der Waals surface area contributed by atoms with Crippen molar-refractivity contribution in [2.24, 2.45) is 5.10 Å². The molecule has 4 rings (SSSR count). The molecule has 1 heterocycles. The van der Waals surface area contributed by atoms with Gasteiger partial charge in [-0.1, -0.05) is 48.5 Å². The number of carbonyl (C=O) groups excluding carboxylic acids is 2. The topological polar surface area (TPSA) is 72.7 Å². The van der Waals surface area contributed by atoms with Gasteiger partial charge in [-0.3, -0.25) is 9.59 Å². The lowest BCUT2D eigenvalue weighted by Gasteiger charge is -2.04. The predicted molar refractivity (Wildman–Crippen MR) is 118 cm³/mol. The highest BCUT2D eigenvalue weighted by atomic mass is 16.5. The summed E-state index contributed by atoms with van der Waals surface area (Å²) in [6, 6.07) is 21.1. The summed E-state index contributed by atoms with van der Waals surface area (Å²) in [4.78, 5) is 24.4. The van der Waals surface area contributed by atoms with Crippen molar-refractivity contribution in [3.8, 4) is 0 Å². The van der Waals surface area contributed by atoms with Crippen LogP contribution in [0.15, 0.2) is 78.0 Å². The zero-order chi connectivity index (χ0) is 20.9. The van der Waals surface area contributed by atoms with Crippen molar-refractivity contribution in [1.82, 2.24) is 9.99 Å². The number of esters is 1. The van der Waals surface area contributed by atoms with Crippen molar-refractivity contribution in [2.45, 2.75) is 13.5 Å². The number of hydrogen-bond donors (Lipinski definition) is 1. The van der Waals surface area contributed by atoms with Crippen molar-refractivity contribution >= 4 is 39.8 Å². The Bertz CT molecular complexity index is 1260. The molecule has 4 aromatic rings. The number of benzene rings is 3. The van der Waals surface area contributed by atoms with Crippen molar-refractivity contribution in [3.05, 3.63) is 84.1 Å². The van der Waals surface area contributed by atoms with E-state index in [1.54, 1.807) is 19.2 Å². The molecular weight excluding hydrogens is 378 g/mol. The molecule has 0 bridgehead atoms. The minimum absolute atomic E-state index is 0.117. The van der Waals surface area contributed by atoms with Crippen molar-refractivity contribution in [3.63, 3.8) is 0 Å². The number of fused-ring (bicyclic) bond motifs is 2. The number of hydrogen-bond acceptors (Lipinski definition) is 4. The van der Waals surface area contributed by atoms with Gasteiger partial charge in [-0.05, 0) is 35.9 Å². The first-order valence-corrected chi connectivity index (χ1v) is 9.71. The second kappa shape index (κ2) is 8.61. The van der Waals surface area contributed by atoms with Crippen LogP contribution in [0.25, 0.3) is 21.7 Å². The number of carbonyl (C=O) groups is 2. The summed E-state index contributed by atoms with van der Waals surface area (Å²) in [7, 11) is 0. The van der Waals surface area contributed by atoms with Crippen LogP contribution in [0.5, 0.6) is 0 Å². The summed E-state index contributed by atoms with van der Waals surface area (Å²) in [6.45, 7) is 2.24. The van der Waals surface area contributed by atoms with Gasteiger partial charge in [0.2, 0.25) is 0 Å². The standard InChI is InChI=1S/C24H21N3O3/c1-2-30-23(28)16-27-15-20(21-9-5-6-10-22(21)27)14-25-26-24(29)19-12-11-17-7-3-4-8-18(17)13-19/h3-15H,2,16H2,1H3,(H,26,29)/b25-14-. The molecule has 0 saturated carbocycles. The quantitative estimate of drug-likeness (QED) is 0.301. The number of nitrogens with zero attached hydrogens (tertiary/aromatic N) is 2. The molecule has 6 heteroatoms. The molecule has 0 unspecified atom stereocenters. The first-order valence-electron chi connectivity index (χ1n) is 9.71. The maximum Gasteiger partial charge on any atom is 0.325 e. The van der Waals surface area contributed by atoms with Crippen LogP contribution in [-0.4, -0.2) is 29.3 Å². The molecule has 1 aromatic heterocycles. The van der Waals surface area contributed by atoms with Gasteiger partial charge in [-0.15, -0.1) is 0 Å². The molecule has 0 atom stereocenters. The summed E-state index contributed by atoms with van der Waals surface area (Å²) >= 11 is 0. The van der Waals surface area contributed by atoms with E-state index in [0.717, 1.165) is 27.2 Å². The van der Waals surface area contributed by atoms with Gasteiger partial charge in [0.05, 0.1) is 12.8 Å². The summed E-state index contributed by atoms with van der Waals surface area (Å²) < 4.78 is 6.86. The molecule has 0 radical (unpaired) electrons. The highest BCUT2D eigenvalue weighted by Crippen LogP contribution is 2.20. The number of para-hydroxylation sites is 1. The van der Waals surface area contributed by atoms with Gasteiger partial charge in [0.25, 0.3) is 5.91 Å². The summed E-state index contributed by atoms with van der Waals surface area (Å²) in [5.74, 6) is -0.585. The average molecular weight is 399 g/mol. The van der Waals surface area contributed by atoms with E-state index in [1.165, 1.54) is 0 Å². The minimum atomic E-state index is -0.300. The largest absolute Gasteiger partial charge is 0.465 e. The van der Waals surface area contributed by atoms with E-state index in [4.69, 9.17) is 4.74 Å². The highest BCUT2D eigenvalue weighted by Gasteiger charge is 2.11. The van der Waals surface area contributed by atoms with E-state index >= 15 is 0 Å². The van der Waals surface area contributed by atoms with E-state index in [2.05, 4.69) is 10.5 Å². The lowest BCUT2D eigenvalue weighted by Crippen LogP contribution is -2.17. The van der Waals surface area contributed by atoms with E-state index < -0.39 is 0 Å². The zero-order valence-corrected chi connectivity index (χ0v) is 16.5. The maximum absolute atomic E-state index is 12.5. The fourth-order valence-corrected chi connectivity index (χ4v) is 3.41. The molecule has 1 N–H and O–H groups in total. The minimum Gasteiger partial charge on any atom is -0.465 e. The van der Waals surface area contributed by atoms with Gasteiger partial charge in [0, 0.05) is 28.2 Å². The van der Waals surface area contributed by atoms with Crippen LogP contribution in [0.3, 0.4) is 0 Å². The molecule has 0 spiro atoms. The fourth-order valence-electron chi connectivity index (χ4n) is 3.41. The Morgan fingerprint density at radius 1 is 1.03 bits per heavy atom. The first kappa shape index (κ1) is 19.4. The van der Waals surface area contributed by atoms with E-state index in [-0.39, 0.29) is 18.4 Å². The van der Waals surface area contributed by atoms with Gasteiger partial charge >= 0.3 is 5.97 Å². The Hall–Kier alpha value is -3.93. The Labute approximate surface area is 173 Å². The van der Waals surface area contributed by atoms with Crippen LogP contribution < -0.4 is 5.43 Å². The number of nitrogens with one attached hydrogen (secondary N) is 1. The van der Waals surface area contributed by atoms with Crippen molar-refractivity contribution in [2.75, 3.05) is 6.61 Å². The van der Waals surface area contributed by atoms with Gasteiger partial charge in [-0.25, -0.2) is 5.43 Å². The number of ether oxygens (including phenoxy) is 1. The number of aromatic nitrogens is 1. The van der Waals surface area contributed by atoms with Gasteiger partial charge < -0.3 is 9.30 Å². The Balaban J connectivity index is 1.53. The average Bonchev–Trinajstić information content (AvgIpc) is 3.11. The highest BCUT2D eigenvalue weighted by molar-refractivity contribution is 6.02. The monoisotopic (exact) mass is 399 g/mol. The van der Waals surface area contributed by atoms with Crippen LogP contribution >= 0.6 is 0 Å². The number of amides is 1. The summed E-state index contributed by atoms with van der Waals surface area (Å²) in [5.41, 5.74) is 4.81. The lowest BCUT2D eigenvalue weighted by molar-refractivity contribution is -0.143. The molecule has 150 valence electrons. The molecule has 30 heavy (non-hydrogen) atoms. The van der Waals surface area contributed by atoms with Crippen molar-refractivity contribution < 1.29 is 14.3 Å². The van der Waals surface area contributed by atoms with E-state index in [0.29, 0.717) is 12.2 Å². The van der Waals surface area contributed by atoms with Crippen molar-refractivity contribution in [1.29, 1.82) is 0 Å². The molecule has 3 aromatic carbocycles. The Kier molecular flexibility index (Phi) is 5.57. The van der Waals surface area contributed by atoms with Crippen LogP contribution in [-0.2, 0) is 16.1 Å². The fraction of sp³-hybridized carbons (Fsp3) is 0.125. The van der Waals surface area contributed by atoms with Crippen LogP contribution in [0.2, 0.25) is 0 Å². The first-order chi connectivity index (χ1) is 14.7. The Morgan fingerprint density at radius 2 is 1.80 bits per heavy atom. The third-order valence-corrected chi connectivity index (χ3v) is 4.81. The zero-order valence-electron chi connectivity index (χ0n) is 16.5. The molecule has 0 fully saturated rings. The van der Waals surface area contributed by atoms with Crippen LogP contribution in [0, 0.1) is 0 Å². The molecular formula is C24H21N3O3. The molecule has 1 amide bonds. The Morgan fingerprint density at radius 3 is 2.63 bits per heavy atom. The molecule has 0 aliphatic rings. The van der Waals surface area contributed by atoms with Crippen LogP contribution in [0.4, 0.5) is 0 Å². The molecule has 0 saturated heterocycles. The third-order valence-electron chi connectivity index (χ3n) is 4.81. The summed E-state index contributed by atoms with van der Waals surface area (Å²) in [5, 5.41) is 7.13. The normalized spacial score (nSPS) is 11.2. The summed E-state index contributed by atoms with van der Waals surface area (Å²) in [6.07, 6.45) is 3.41. The number of hydrazone groups is 1. The second-order valence-corrected chi connectivity index (χ2v) is 6.80. The van der Waals surface area contributed by atoms with Gasteiger partial charge in [-0.2, -0.15) is 5.10 Å². The molecule has 0 aliphatic carbocycles. The number of rotatable bonds is 6. The van der Waals surface area contributed by atoms with E-state index in [1.807, 2.05) is 71.4 Å². The lowest BCUT2D eigenvalue weighted by atomic mass is 10.1. The van der Waals surface area contributed by atoms with Gasteiger partial charge in [0.1, 0.15) is 6.54 Å². The molecule has 0 aliphatic heterocycles. The molecule has 6 nitrogen and oxygen atoms in total. The van der Waals surface area contributed by atoms with E-state index in [9.17, 15) is 9.59 Å². The second-order valence-electron chi connectivity index (χ2n) is 6.80. The van der Waals surface area contributed by atoms with Gasteiger partial charge in [0.15, 0.2) is 0 Å². The maximum atomic E-state index is 12.5. The third kappa shape index (κ3) is 4.07.